The molecule has 1 aliphatic heterocycles. The maximum atomic E-state index is 11.3. The van der Waals surface area contributed by atoms with Gasteiger partial charge in [0, 0.05) is 0 Å². The average Bonchev–Trinajstić information content (AvgIpc) is 2.78. The standard InChI is InChI=1S/C18H32O3/c1-2-3-4-5-6-7-8-9-10-11-12-13-14-16-15-17(19)21-18(16)20/h16H,2-15H2,1H3/t16-/m0/s1. The monoisotopic (exact) mass is 296 g/mol. The lowest BCUT2D eigenvalue weighted by Crippen LogP contribution is -2.06. The minimum atomic E-state index is -0.344. The molecular formula is C18H32O3. The molecule has 0 aliphatic carbocycles. The smallest absolute Gasteiger partial charge is 0.317 e. The van der Waals surface area contributed by atoms with Crippen molar-refractivity contribution in [3.8, 4) is 0 Å². The normalized spacial score (nSPS) is 18.2. The highest BCUT2D eigenvalue weighted by Crippen LogP contribution is 2.22. The summed E-state index contributed by atoms with van der Waals surface area (Å²) in [6.45, 7) is 2.26. The lowest BCUT2D eigenvalue weighted by Gasteiger charge is -2.05. The van der Waals surface area contributed by atoms with Gasteiger partial charge in [0.2, 0.25) is 0 Å². The van der Waals surface area contributed by atoms with Crippen LogP contribution >= 0.6 is 0 Å². The second-order valence-electron chi connectivity index (χ2n) is 6.37. The topological polar surface area (TPSA) is 43.4 Å². The van der Waals surface area contributed by atoms with Crippen LogP contribution in [0.5, 0.6) is 0 Å². The molecule has 0 spiro atoms. The van der Waals surface area contributed by atoms with Gasteiger partial charge >= 0.3 is 11.9 Å². The summed E-state index contributed by atoms with van der Waals surface area (Å²) in [5.74, 6) is -0.798. The van der Waals surface area contributed by atoms with Crippen molar-refractivity contribution in [1.29, 1.82) is 0 Å². The van der Waals surface area contributed by atoms with Gasteiger partial charge in [-0.1, -0.05) is 84.0 Å². The van der Waals surface area contributed by atoms with Crippen molar-refractivity contribution in [1.82, 2.24) is 0 Å². The third-order valence-corrected chi connectivity index (χ3v) is 4.37. The van der Waals surface area contributed by atoms with Gasteiger partial charge in [-0.3, -0.25) is 9.59 Å². The molecule has 0 radical (unpaired) electrons. The number of unbranched alkanes of at least 4 members (excludes halogenated alkanes) is 11. The van der Waals surface area contributed by atoms with Crippen LogP contribution in [0.15, 0.2) is 0 Å². The van der Waals surface area contributed by atoms with Crippen molar-refractivity contribution in [3.63, 3.8) is 0 Å². The Hall–Kier alpha value is -0.860. The Bertz CT molecular complexity index is 299. The summed E-state index contributed by atoms with van der Waals surface area (Å²) in [5, 5.41) is 0. The van der Waals surface area contributed by atoms with Crippen LogP contribution in [0.3, 0.4) is 0 Å². The zero-order valence-corrected chi connectivity index (χ0v) is 13.7. The minimum Gasteiger partial charge on any atom is -0.393 e. The quantitative estimate of drug-likeness (QED) is 0.267. The van der Waals surface area contributed by atoms with Crippen LogP contribution in [0.4, 0.5) is 0 Å². The van der Waals surface area contributed by atoms with E-state index in [-0.39, 0.29) is 17.9 Å². The molecule has 3 heteroatoms. The van der Waals surface area contributed by atoms with E-state index in [4.69, 9.17) is 0 Å². The highest BCUT2D eigenvalue weighted by atomic mass is 16.6. The fourth-order valence-corrected chi connectivity index (χ4v) is 2.97. The van der Waals surface area contributed by atoms with Crippen molar-refractivity contribution in [3.05, 3.63) is 0 Å². The van der Waals surface area contributed by atoms with Gasteiger partial charge in [0.1, 0.15) is 0 Å². The van der Waals surface area contributed by atoms with Crippen LogP contribution in [-0.2, 0) is 14.3 Å². The van der Waals surface area contributed by atoms with Crippen LogP contribution in [0.2, 0.25) is 0 Å². The Labute approximate surface area is 129 Å². The van der Waals surface area contributed by atoms with Gasteiger partial charge in [0.05, 0.1) is 12.3 Å². The molecule has 1 atom stereocenters. The molecule has 1 heterocycles. The van der Waals surface area contributed by atoms with Gasteiger partial charge in [-0.05, 0) is 6.42 Å². The summed E-state index contributed by atoms with van der Waals surface area (Å²) < 4.78 is 4.55. The van der Waals surface area contributed by atoms with Crippen molar-refractivity contribution >= 4 is 11.9 Å². The second kappa shape index (κ2) is 11.8. The first-order valence-corrected chi connectivity index (χ1v) is 8.98. The molecule has 0 aromatic heterocycles. The molecule has 1 fully saturated rings. The summed E-state index contributed by atoms with van der Waals surface area (Å²) in [6, 6.07) is 0. The van der Waals surface area contributed by atoms with E-state index in [1.807, 2.05) is 0 Å². The van der Waals surface area contributed by atoms with Crippen molar-refractivity contribution in [2.24, 2.45) is 5.92 Å². The van der Waals surface area contributed by atoms with Crippen molar-refractivity contribution in [2.75, 3.05) is 0 Å². The molecular weight excluding hydrogens is 264 g/mol. The van der Waals surface area contributed by atoms with E-state index in [1.165, 1.54) is 70.6 Å². The van der Waals surface area contributed by atoms with E-state index in [2.05, 4.69) is 11.7 Å². The van der Waals surface area contributed by atoms with Crippen molar-refractivity contribution < 1.29 is 14.3 Å². The first-order valence-electron chi connectivity index (χ1n) is 8.98. The first-order chi connectivity index (χ1) is 10.2. The fourth-order valence-electron chi connectivity index (χ4n) is 2.97. The summed E-state index contributed by atoms with van der Waals surface area (Å²) in [4.78, 5) is 22.2. The highest BCUT2D eigenvalue weighted by Gasteiger charge is 2.32. The van der Waals surface area contributed by atoms with E-state index < -0.39 is 0 Å². The molecule has 0 amide bonds. The first kappa shape index (κ1) is 18.2. The number of cyclic esters (lactones) is 2. The Morgan fingerprint density at radius 2 is 1.29 bits per heavy atom. The largest absolute Gasteiger partial charge is 0.393 e. The number of carbonyl (C=O) groups excluding carboxylic acids is 2. The molecule has 0 bridgehead atoms. The molecule has 0 unspecified atom stereocenters. The number of rotatable bonds is 13. The van der Waals surface area contributed by atoms with Gasteiger partial charge in [-0.25, -0.2) is 0 Å². The van der Waals surface area contributed by atoms with Gasteiger partial charge in [0.15, 0.2) is 0 Å². The van der Waals surface area contributed by atoms with Crippen LogP contribution in [0, 0.1) is 5.92 Å². The Kier molecular flexibility index (Phi) is 10.2. The van der Waals surface area contributed by atoms with Crippen molar-refractivity contribution in [2.45, 2.75) is 96.8 Å². The number of esters is 2. The third kappa shape index (κ3) is 8.90. The molecule has 0 aromatic rings. The Balaban J connectivity index is 1.79. The zero-order valence-electron chi connectivity index (χ0n) is 13.7. The van der Waals surface area contributed by atoms with Crippen LogP contribution in [0.1, 0.15) is 96.8 Å². The average molecular weight is 296 g/mol. The molecule has 21 heavy (non-hydrogen) atoms. The predicted octanol–water partition coefficient (Wildman–Crippen LogP) is 5.17. The maximum Gasteiger partial charge on any atom is 0.317 e. The van der Waals surface area contributed by atoms with Crippen LogP contribution in [0.25, 0.3) is 0 Å². The number of ether oxygens (including phenoxy) is 1. The van der Waals surface area contributed by atoms with Gasteiger partial charge in [0.25, 0.3) is 0 Å². The zero-order chi connectivity index (χ0) is 15.3. The van der Waals surface area contributed by atoms with Gasteiger partial charge in [-0.15, -0.1) is 0 Å². The van der Waals surface area contributed by atoms with E-state index in [1.54, 1.807) is 0 Å². The Morgan fingerprint density at radius 3 is 1.71 bits per heavy atom. The number of carbonyl (C=O) groups is 2. The summed E-state index contributed by atoms with van der Waals surface area (Å²) >= 11 is 0. The Morgan fingerprint density at radius 1 is 0.810 bits per heavy atom. The highest BCUT2D eigenvalue weighted by molar-refractivity contribution is 5.94. The molecule has 0 aromatic carbocycles. The molecule has 122 valence electrons. The van der Waals surface area contributed by atoms with E-state index in [0.717, 1.165) is 12.8 Å². The maximum absolute atomic E-state index is 11.3. The number of hydrogen-bond acceptors (Lipinski definition) is 3. The predicted molar refractivity (Wildman–Crippen MR) is 84.9 cm³/mol. The minimum absolute atomic E-state index is 0.152. The van der Waals surface area contributed by atoms with E-state index >= 15 is 0 Å². The molecule has 1 rings (SSSR count). The lowest BCUT2D eigenvalue weighted by atomic mass is 9.98. The third-order valence-electron chi connectivity index (χ3n) is 4.37. The van der Waals surface area contributed by atoms with E-state index in [9.17, 15) is 9.59 Å². The summed E-state index contributed by atoms with van der Waals surface area (Å²) in [7, 11) is 0. The van der Waals surface area contributed by atoms with Gasteiger partial charge < -0.3 is 4.74 Å². The molecule has 0 N–H and O–H groups in total. The SMILES string of the molecule is CCCCCCCCCCCCCC[C@H]1CC(=O)OC1=O. The second-order valence-corrected chi connectivity index (χ2v) is 6.37. The number of hydrogen-bond donors (Lipinski definition) is 0. The van der Waals surface area contributed by atoms with E-state index in [0.29, 0.717) is 6.42 Å². The summed E-state index contributed by atoms with van der Waals surface area (Å²) in [6.07, 6.45) is 16.9. The molecule has 1 aliphatic rings. The van der Waals surface area contributed by atoms with Crippen LogP contribution < -0.4 is 0 Å². The molecule has 3 nitrogen and oxygen atoms in total. The molecule has 1 saturated heterocycles. The fraction of sp³-hybridized carbons (Fsp3) is 0.889. The van der Waals surface area contributed by atoms with Crippen LogP contribution in [-0.4, -0.2) is 11.9 Å². The summed E-state index contributed by atoms with van der Waals surface area (Å²) in [5.41, 5.74) is 0. The lowest BCUT2D eigenvalue weighted by molar-refractivity contribution is -0.153. The van der Waals surface area contributed by atoms with Gasteiger partial charge in [-0.2, -0.15) is 0 Å². The molecule has 0 saturated carbocycles.